The van der Waals surface area contributed by atoms with Gasteiger partial charge in [-0.25, -0.2) is 0 Å². The maximum Gasteiger partial charge on any atom is 0.101 e. The van der Waals surface area contributed by atoms with Gasteiger partial charge >= 0.3 is 0 Å². The van der Waals surface area contributed by atoms with E-state index in [1.165, 1.54) is 16.3 Å². The van der Waals surface area contributed by atoms with Crippen LogP contribution in [0.2, 0.25) is 0 Å². The van der Waals surface area contributed by atoms with Gasteiger partial charge in [-0.15, -0.1) is 0 Å². The van der Waals surface area contributed by atoms with Gasteiger partial charge in [0.05, 0.1) is 11.1 Å². The van der Waals surface area contributed by atoms with E-state index in [2.05, 4.69) is 72.3 Å². The molecular weight excluding hydrogens is 340 g/mol. The van der Waals surface area contributed by atoms with E-state index in [1.54, 1.807) is 0 Å². The van der Waals surface area contributed by atoms with Crippen molar-refractivity contribution in [3.63, 3.8) is 0 Å². The Morgan fingerprint density at radius 2 is 1.32 bits per heavy atom. The maximum atomic E-state index is 10.2. The summed E-state index contributed by atoms with van der Waals surface area (Å²) < 4.78 is 2.21. The third-order valence-electron chi connectivity index (χ3n) is 5.45. The first kappa shape index (κ1) is 16.4. The minimum absolute atomic E-state index is 0.718. The Bertz CT molecular complexity index is 1350. The number of aromatic nitrogens is 1. The van der Waals surface area contributed by atoms with Gasteiger partial charge < -0.3 is 4.57 Å². The normalized spacial score (nSPS) is 11.0. The van der Waals surface area contributed by atoms with Crippen LogP contribution in [0.3, 0.4) is 0 Å². The second kappa shape index (κ2) is 6.40. The van der Waals surface area contributed by atoms with Crippen LogP contribution in [0.1, 0.15) is 5.56 Å². The molecule has 0 aliphatic rings. The fraction of sp³-hybridized carbons (Fsp3) is 0.0385. The molecule has 1 heterocycles. The summed E-state index contributed by atoms with van der Waals surface area (Å²) in [5, 5.41) is 12.6. The Labute approximate surface area is 163 Å². The molecule has 5 aromatic rings. The molecule has 2 heteroatoms. The molecule has 0 saturated carbocycles. The maximum absolute atomic E-state index is 10.2. The number of hydrogen-bond donors (Lipinski definition) is 0. The summed E-state index contributed by atoms with van der Waals surface area (Å²) in [6.07, 6.45) is 0. The Morgan fingerprint density at radius 3 is 2.00 bits per heavy atom. The monoisotopic (exact) mass is 358 g/mol. The van der Waals surface area contributed by atoms with Crippen molar-refractivity contribution >= 4 is 21.8 Å². The number of para-hydroxylation sites is 1. The van der Waals surface area contributed by atoms with Gasteiger partial charge in [0.25, 0.3) is 0 Å². The summed E-state index contributed by atoms with van der Waals surface area (Å²) in [6.45, 7) is 0. The fourth-order valence-electron chi connectivity index (χ4n) is 4.19. The first-order valence-electron chi connectivity index (χ1n) is 9.34. The minimum Gasteiger partial charge on any atom is -0.343 e. The Hall–Kier alpha value is -3.83. The van der Waals surface area contributed by atoms with Crippen molar-refractivity contribution < 1.29 is 0 Å². The number of hydrogen-bond acceptors (Lipinski definition) is 1. The lowest BCUT2D eigenvalue weighted by atomic mass is 9.89. The van der Waals surface area contributed by atoms with E-state index < -0.39 is 0 Å². The average Bonchev–Trinajstić information content (AvgIpc) is 3.06. The topological polar surface area (TPSA) is 28.7 Å². The number of nitriles is 1. The number of aryl methyl sites for hydroxylation is 1. The van der Waals surface area contributed by atoms with Crippen molar-refractivity contribution in [2.45, 2.75) is 0 Å². The van der Waals surface area contributed by atoms with Crippen molar-refractivity contribution in [2.24, 2.45) is 7.05 Å². The molecule has 0 aliphatic carbocycles. The van der Waals surface area contributed by atoms with Gasteiger partial charge in [-0.2, -0.15) is 5.26 Å². The molecule has 0 unspecified atom stereocenters. The van der Waals surface area contributed by atoms with Crippen LogP contribution in [0.5, 0.6) is 0 Å². The van der Waals surface area contributed by atoms with Crippen molar-refractivity contribution in [3.05, 3.63) is 96.6 Å². The molecule has 0 aliphatic heterocycles. The second-order valence-electron chi connectivity index (χ2n) is 6.99. The first-order chi connectivity index (χ1) is 13.8. The first-order valence-corrected chi connectivity index (χ1v) is 9.34. The van der Waals surface area contributed by atoms with Crippen molar-refractivity contribution in [3.8, 4) is 28.3 Å². The van der Waals surface area contributed by atoms with Crippen LogP contribution in [0.15, 0.2) is 91.0 Å². The molecular formula is C26H18N2. The van der Waals surface area contributed by atoms with E-state index in [-0.39, 0.29) is 0 Å². The lowest BCUT2D eigenvalue weighted by molar-refractivity contribution is 1.01. The number of rotatable bonds is 2. The third-order valence-corrected chi connectivity index (χ3v) is 5.45. The summed E-state index contributed by atoms with van der Waals surface area (Å²) >= 11 is 0. The van der Waals surface area contributed by atoms with E-state index in [4.69, 9.17) is 0 Å². The minimum atomic E-state index is 0.718. The molecule has 0 atom stereocenters. The van der Waals surface area contributed by atoms with E-state index in [9.17, 15) is 5.26 Å². The van der Waals surface area contributed by atoms with Crippen LogP contribution in [-0.4, -0.2) is 4.57 Å². The number of benzene rings is 4. The summed E-state index contributed by atoms with van der Waals surface area (Å²) in [7, 11) is 2.08. The fourth-order valence-corrected chi connectivity index (χ4v) is 4.19. The van der Waals surface area contributed by atoms with Crippen molar-refractivity contribution in [1.82, 2.24) is 4.57 Å². The molecule has 4 aromatic carbocycles. The lowest BCUT2D eigenvalue weighted by Gasteiger charge is -2.14. The van der Waals surface area contributed by atoms with E-state index in [0.29, 0.717) is 0 Å². The highest BCUT2D eigenvalue weighted by Crippen LogP contribution is 2.42. The molecule has 132 valence electrons. The standard InChI is InChI=1S/C26H18N2/c1-28-24-15-9-8-14-20(24)22-16-21(18-10-4-2-5-11-18)23(17-27)25(26(22)28)19-12-6-3-7-13-19/h2-16H,1H3. The summed E-state index contributed by atoms with van der Waals surface area (Å²) in [4.78, 5) is 0. The van der Waals surface area contributed by atoms with Crippen LogP contribution >= 0.6 is 0 Å². The van der Waals surface area contributed by atoms with Gasteiger partial charge in [0.1, 0.15) is 6.07 Å². The van der Waals surface area contributed by atoms with Crippen molar-refractivity contribution in [2.75, 3.05) is 0 Å². The van der Waals surface area contributed by atoms with Crippen LogP contribution < -0.4 is 0 Å². The molecule has 0 spiro atoms. The van der Waals surface area contributed by atoms with E-state index in [1.807, 2.05) is 36.4 Å². The molecule has 0 N–H and O–H groups in total. The van der Waals surface area contributed by atoms with Crippen LogP contribution in [0.4, 0.5) is 0 Å². The SMILES string of the molecule is Cn1c2ccccc2c2cc(-c3ccccc3)c(C#N)c(-c3ccccc3)c21. The van der Waals surface area contributed by atoms with Crippen LogP contribution in [0, 0.1) is 11.3 Å². The summed E-state index contributed by atoms with van der Waals surface area (Å²) in [5.74, 6) is 0. The predicted octanol–water partition coefficient (Wildman–Crippen LogP) is 6.54. The van der Waals surface area contributed by atoms with Gasteiger partial charge in [-0.1, -0.05) is 78.9 Å². The average molecular weight is 358 g/mol. The van der Waals surface area contributed by atoms with Gasteiger partial charge in [0.15, 0.2) is 0 Å². The predicted molar refractivity (Wildman–Crippen MR) is 116 cm³/mol. The molecule has 5 rings (SSSR count). The number of fused-ring (bicyclic) bond motifs is 3. The molecule has 0 radical (unpaired) electrons. The van der Waals surface area contributed by atoms with E-state index in [0.717, 1.165) is 33.3 Å². The van der Waals surface area contributed by atoms with Crippen molar-refractivity contribution in [1.29, 1.82) is 5.26 Å². The number of nitrogens with zero attached hydrogens (tertiary/aromatic N) is 2. The largest absolute Gasteiger partial charge is 0.343 e. The highest BCUT2D eigenvalue weighted by atomic mass is 14.9. The van der Waals surface area contributed by atoms with Gasteiger partial charge in [-0.05, 0) is 23.3 Å². The smallest absolute Gasteiger partial charge is 0.101 e. The zero-order valence-electron chi connectivity index (χ0n) is 15.6. The van der Waals surface area contributed by atoms with E-state index >= 15 is 0 Å². The molecule has 0 fully saturated rings. The molecule has 0 bridgehead atoms. The quantitative estimate of drug-likeness (QED) is 0.352. The highest BCUT2D eigenvalue weighted by Gasteiger charge is 2.20. The van der Waals surface area contributed by atoms with Gasteiger partial charge in [0, 0.05) is 34.5 Å². The summed E-state index contributed by atoms with van der Waals surface area (Å²) in [5.41, 5.74) is 7.09. The van der Waals surface area contributed by atoms with Gasteiger partial charge in [-0.3, -0.25) is 0 Å². The molecule has 28 heavy (non-hydrogen) atoms. The second-order valence-corrected chi connectivity index (χ2v) is 6.99. The Morgan fingerprint density at radius 1 is 0.714 bits per heavy atom. The molecule has 2 nitrogen and oxygen atoms in total. The van der Waals surface area contributed by atoms with Crippen LogP contribution in [0.25, 0.3) is 44.1 Å². The molecule has 0 amide bonds. The lowest BCUT2D eigenvalue weighted by Crippen LogP contribution is -1.96. The highest BCUT2D eigenvalue weighted by molar-refractivity contribution is 6.15. The summed E-state index contributed by atoms with van der Waals surface area (Å²) in [6, 6.07) is 33.5. The molecule has 0 saturated heterocycles. The third kappa shape index (κ3) is 2.34. The van der Waals surface area contributed by atoms with Crippen LogP contribution in [-0.2, 0) is 7.05 Å². The Kier molecular flexibility index (Phi) is 3.74. The van der Waals surface area contributed by atoms with Gasteiger partial charge in [0.2, 0.25) is 0 Å². The molecule has 1 aromatic heterocycles. The zero-order valence-corrected chi connectivity index (χ0v) is 15.6. The zero-order chi connectivity index (χ0) is 19.1. The Balaban J connectivity index is 2.04.